The second kappa shape index (κ2) is 5.08. The summed E-state index contributed by atoms with van der Waals surface area (Å²) in [7, 11) is 0. The van der Waals surface area contributed by atoms with E-state index in [-0.39, 0.29) is 6.10 Å². The largest absolute Gasteiger partial charge is 0.377 e. The third-order valence-electron chi connectivity index (χ3n) is 2.58. The molecule has 1 fully saturated rings. The minimum atomic E-state index is -0.990. The van der Waals surface area contributed by atoms with Crippen LogP contribution in [0.25, 0.3) is 0 Å². The SMILES string of the molecule is CC(C)OCCN1CCCC(C)(F)C1. The van der Waals surface area contributed by atoms with Crippen LogP contribution >= 0.6 is 0 Å². The van der Waals surface area contributed by atoms with Crippen LogP contribution in [0.3, 0.4) is 0 Å². The minimum absolute atomic E-state index is 0.275. The van der Waals surface area contributed by atoms with Crippen molar-refractivity contribution in [2.75, 3.05) is 26.2 Å². The van der Waals surface area contributed by atoms with Crippen LogP contribution in [0.15, 0.2) is 0 Å². The summed E-state index contributed by atoms with van der Waals surface area (Å²) < 4.78 is 19.1. The van der Waals surface area contributed by atoms with Crippen molar-refractivity contribution in [3.63, 3.8) is 0 Å². The molecule has 1 heterocycles. The van der Waals surface area contributed by atoms with Crippen molar-refractivity contribution in [3.8, 4) is 0 Å². The highest BCUT2D eigenvalue weighted by Crippen LogP contribution is 2.23. The molecule has 0 aliphatic carbocycles. The average Bonchev–Trinajstić information content (AvgIpc) is 2.01. The zero-order valence-corrected chi connectivity index (χ0v) is 9.55. The number of ether oxygens (including phenoxy) is 1. The number of nitrogens with zero attached hydrogens (tertiary/aromatic N) is 1. The third kappa shape index (κ3) is 4.38. The van der Waals surface area contributed by atoms with E-state index < -0.39 is 5.67 Å². The van der Waals surface area contributed by atoms with Gasteiger partial charge in [-0.05, 0) is 40.2 Å². The predicted molar refractivity (Wildman–Crippen MR) is 56.3 cm³/mol. The summed E-state index contributed by atoms with van der Waals surface area (Å²) in [4.78, 5) is 2.16. The van der Waals surface area contributed by atoms with Crippen molar-refractivity contribution in [3.05, 3.63) is 0 Å². The second-order valence-corrected chi connectivity index (χ2v) is 4.71. The zero-order valence-electron chi connectivity index (χ0n) is 9.55. The summed E-state index contributed by atoms with van der Waals surface area (Å²) in [5.41, 5.74) is -0.990. The Balaban J connectivity index is 2.18. The van der Waals surface area contributed by atoms with Gasteiger partial charge in [0.05, 0.1) is 12.7 Å². The van der Waals surface area contributed by atoms with E-state index in [1.54, 1.807) is 6.92 Å². The molecular weight excluding hydrogens is 181 g/mol. The number of alkyl halides is 1. The van der Waals surface area contributed by atoms with Gasteiger partial charge in [0.15, 0.2) is 0 Å². The first-order valence-corrected chi connectivity index (χ1v) is 5.52. The van der Waals surface area contributed by atoms with E-state index in [4.69, 9.17) is 4.74 Å². The van der Waals surface area contributed by atoms with Crippen molar-refractivity contribution >= 4 is 0 Å². The quantitative estimate of drug-likeness (QED) is 0.694. The van der Waals surface area contributed by atoms with E-state index >= 15 is 0 Å². The molecule has 2 nitrogen and oxygen atoms in total. The fourth-order valence-electron chi connectivity index (χ4n) is 1.90. The number of likely N-dealkylation sites (tertiary alicyclic amines) is 1. The van der Waals surface area contributed by atoms with Gasteiger partial charge in [-0.25, -0.2) is 4.39 Å². The molecule has 14 heavy (non-hydrogen) atoms. The first-order chi connectivity index (χ1) is 6.49. The summed E-state index contributed by atoms with van der Waals surface area (Å²) in [5.74, 6) is 0. The summed E-state index contributed by atoms with van der Waals surface area (Å²) >= 11 is 0. The molecule has 3 heteroatoms. The Morgan fingerprint density at radius 3 is 2.79 bits per heavy atom. The lowest BCUT2D eigenvalue weighted by atomic mass is 9.97. The van der Waals surface area contributed by atoms with Crippen molar-refractivity contribution < 1.29 is 9.13 Å². The molecule has 1 saturated heterocycles. The number of rotatable bonds is 4. The maximum Gasteiger partial charge on any atom is 0.120 e. The van der Waals surface area contributed by atoms with Gasteiger partial charge >= 0.3 is 0 Å². The highest BCUT2D eigenvalue weighted by Gasteiger charge is 2.29. The predicted octanol–water partition coefficient (Wildman–Crippen LogP) is 2.24. The summed E-state index contributed by atoms with van der Waals surface area (Å²) in [5, 5.41) is 0. The maximum absolute atomic E-state index is 13.6. The van der Waals surface area contributed by atoms with E-state index in [0.29, 0.717) is 19.6 Å². The molecule has 0 spiro atoms. The van der Waals surface area contributed by atoms with Crippen molar-refractivity contribution in [1.29, 1.82) is 0 Å². The van der Waals surface area contributed by atoms with Crippen LogP contribution in [0.4, 0.5) is 4.39 Å². The number of hydrogen-bond donors (Lipinski definition) is 0. The molecule has 1 rings (SSSR count). The van der Waals surface area contributed by atoms with Gasteiger partial charge in [0.25, 0.3) is 0 Å². The summed E-state index contributed by atoms with van der Waals surface area (Å²) in [6.07, 6.45) is 1.94. The lowest BCUT2D eigenvalue weighted by Gasteiger charge is -2.35. The smallest absolute Gasteiger partial charge is 0.120 e. The highest BCUT2D eigenvalue weighted by molar-refractivity contribution is 4.83. The van der Waals surface area contributed by atoms with Crippen LogP contribution in [0.5, 0.6) is 0 Å². The molecule has 1 atom stereocenters. The Morgan fingerprint density at radius 1 is 1.50 bits per heavy atom. The van der Waals surface area contributed by atoms with Crippen LogP contribution < -0.4 is 0 Å². The first kappa shape index (κ1) is 11.9. The number of halogens is 1. The van der Waals surface area contributed by atoms with Crippen molar-refractivity contribution in [2.24, 2.45) is 0 Å². The fourth-order valence-corrected chi connectivity index (χ4v) is 1.90. The lowest BCUT2D eigenvalue weighted by molar-refractivity contribution is 0.0208. The van der Waals surface area contributed by atoms with Gasteiger partial charge in [-0.3, -0.25) is 4.90 Å². The standard InChI is InChI=1S/C11H22FNO/c1-10(2)14-8-7-13-6-4-5-11(3,12)9-13/h10H,4-9H2,1-3H3. The molecule has 1 aliphatic rings. The summed E-state index contributed by atoms with van der Waals surface area (Å²) in [6, 6.07) is 0. The van der Waals surface area contributed by atoms with Gasteiger partial charge in [0.1, 0.15) is 5.67 Å². The maximum atomic E-state index is 13.6. The molecule has 84 valence electrons. The fraction of sp³-hybridized carbons (Fsp3) is 1.00. The van der Waals surface area contributed by atoms with Gasteiger partial charge in [0.2, 0.25) is 0 Å². The van der Waals surface area contributed by atoms with Gasteiger partial charge in [0, 0.05) is 13.1 Å². The monoisotopic (exact) mass is 203 g/mol. The molecular formula is C11H22FNO. The third-order valence-corrected chi connectivity index (χ3v) is 2.58. The Hall–Kier alpha value is -0.150. The van der Waals surface area contributed by atoms with Crippen LogP contribution in [0.2, 0.25) is 0 Å². The second-order valence-electron chi connectivity index (χ2n) is 4.71. The molecule has 0 aromatic rings. The van der Waals surface area contributed by atoms with Crippen LogP contribution in [-0.4, -0.2) is 42.9 Å². The van der Waals surface area contributed by atoms with Gasteiger partial charge < -0.3 is 4.74 Å². The highest BCUT2D eigenvalue weighted by atomic mass is 19.1. The van der Waals surface area contributed by atoms with E-state index in [0.717, 1.165) is 19.5 Å². The topological polar surface area (TPSA) is 12.5 Å². The average molecular weight is 203 g/mol. The van der Waals surface area contributed by atoms with Crippen LogP contribution in [0.1, 0.15) is 33.6 Å². The molecule has 0 N–H and O–H groups in total. The van der Waals surface area contributed by atoms with E-state index in [9.17, 15) is 4.39 Å². The molecule has 0 aromatic heterocycles. The van der Waals surface area contributed by atoms with Crippen molar-refractivity contribution in [1.82, 2.24) is 4.90 Å². The normalized spacial score (nSPS) is 29.8. The van der Waals surface area contributed by atoms with E-state index in [1.165, 1.54) is 0 Å². The number of piperidine rings is 1. The molecule has 0 aromatic carbocycles. The van der Waals surface area contributed by atoms with E-state index in [2.05, 4.69) is 4.90 Å². The Kier molecular flexibility index (Phi) is 4.32. The van der Waals surface area contributed by atoms with Crippen LogP contribution in [0, 0.1) is 0 Å². The Morgan fingerprint density at radius 2 is 2.21 bits per heavy atom. The molecule has 1 unspecified atom stereocenters. The molecule has 0 bridgehead atoms. The van der Waals surface area contributed by atoms with E-state index in [1.807, 2.05) is 13.8 Å². The number of hydrogen-bond acceptors (Lipinski definition) is 2. The lowest BCUT2D eigenvalue weighted by Crippen LogP contribution is -2.44. The van der Waals surface area contributed by atoms with Gasteiger partial charge in [-0.15, -0.1) is 0 Å². The van der Waals surface area contributed by atoms with Crippen molar-refractivity contribution in [2.45, 2.75) is 45.4 Å². The minimum Gasteiger partial charge on any atom is -0.377 e. The molecule has 0 radical (unpaired) electrons. The molecule has 1 aliphatic heterocycles. The van der Waals surface area contributed by atoms with Gasteiger partial charge in [-0.2, -0.15) is 0 Å². The molecule has 0 amide bonds. The molecule has 0 saturated carbocycles. The first-order valence-electron chi connectivity index (χ1n) is 5.52. The Labute approximate surface area is 86.4 Å². The zero-order chi connectivity index (χ0) is 10.6. The Bertz CT molecular complexity index is 171. The van der Waals surface area contributed by atoms with Gasteiger partial charge in [-0.1, -0.05) is 0 Å². The summed E-state index contributed by atoms with van der Waals surface area (Å²) in [6.45, 7) is 8.90. The van der Waals surface area contributed by atoms with Crippen LogP contribution in [-0.2, 0) is 4.74 Å².